The summed E-state index contributed by atoms with van der Waals surface area (Å²) in [6.07, 6.45) is 0.692. The Balaban J connectivity index is 3.20. The van der Waals surface area contributed by atoms with Gasteiger partial charge in [-0.05, 0) is 19.1 Å². The van der Waals surface area contributed by atoms with E-state index in [0.29, 0.717) is 17.4 Å². The normalized spacial score (nSPS) is 9.38. The lowest BCUT2D eigenvalue weighted by Crippen LogP contribution is -2.19. The van der Waals surface area contributed by atoms with Crippen LogP contribution in [0.5, 0.6) is 0 Å². The first-order chi connectivity index (χ1) is 6.19. The Bertz CT molecular complexity index is 345. The van der Waals surface area contributed by atoms with Crippen LogP contribution in [0.15, 0.2) is 18.2 Å². The van der Waals surface area contributed by atoms with Crippen LogP contribution < -0.4 is 5.32 Å². The molecule has 1 N–H and O–H groups in total. The van der Waals surface area contributed by atoms with Crippen molar-refractivity contribution in [3.8, 4) is 0 Å². The van der Waals surface area contributed by atoms with Gasteiger partial charge in [0, 0.05) is 18.2 Å². The molecule has 0 saturated carbocycles. The van der Waals surface area contributed by atoms with Crippen LogP contribution in [0.2, 0.25) is 0 Å². The number of carbonyl (C=O) groups is 2. The molecule has 0 aromatic heterocycles. The Morgan fingerprint density at radius 2 is 2.15 bits per heavy atom. The summed E-state index contributed by atoms with van der Waals surface area (Å²) in [6.45, 7) is 1.88. The van der Waals surface area contributed by atoms with Gasteiger partial charge in [-0.2, -0.15) is 0 Å². The molecule has 1 aromatic rings. The number of rotatable bonds is 2. The van der Waals surface area contributed by atoms with Gasteiger partial charge >= 0.3 is 0 Å². The van der Waals surface area contributed by atoms with E-state index in [0.717, 1.165) is 5.56 Å². The highest BCUT2D eigenvalue weighted by Gasteiger charge is 2.08. The van der Waals surface area contributed by atoms with Gasteiger partial charge < -0.3 is 5.32 Å². The van der Waals surface area contributed by atoms with Crippen LogP contribution in [0.1, 0.15) is 26.3 Å². The van der Waals surface area contributed by atoms with Crippen molar-refractivity contribution in [2.45, 2.75) is 6.92 Å². The second kappa shape index (κ2) is 3.85. The Kier molecular flexibility index (Phi) is 2.80. The largest absolute Gasteiger partial charge is 0.355 e. The Morgan fingerprint density at radius 1 is 1.46 bits per heavy atom. The van der Waals surface area contributed by atoms with Crippen molar-refractivity contribution in [3.05, 3.63) is 34.9 Å². The Hall–Kier alpha value is -1.64. The number of hydrogen-bond acceptors (Lipinski definition) is 2. The zero-order chi connectivity index (χ0) is 9.84. The number of carbonyl (C=O) groups excluding carboxylic acids is 2. The van der Waals surface area contributed by atoms with Crippen molar-refractivity contribution in [3.63, 3.8) is 0 Å². The summed E-state index contributed by atoms with van der Waals surface area (Å²) in [5.41, 5.74) is 1.82. The lowest BCUT2D eigenvalue weighted by atomic mass is 10.1. The first-order valence-corrected chi connectivity index (χ1v) is 3.97. The molecule has 0 bridgehead atoms. The Labute approximate surface area is 76.8 Å². The fourth-order valence-corrected chi connectivity index (χ4v) is 1.12. The standard InChI is InChI=1S/C10H11NO2/c1-7-3-4-9(10(13)11-2)8(5-7)6-12/h3-6H,1-2H3,(H,11,13). The third kappa shape index (κ3) is 1.93. The molecule has 0 heterocycles. The molecule has 0 aliphatic carbocycles. The second-order valence-corrected chi connectivity index (χ2v) is 2.79. The predicted octanol–water partition coefficient (Wildman–Crippen LogP) is 1.17. The van der Waals surface area contributed by atoms with E-state index in [1.165, 1.54) is 7.05 Å². The molecule has 0 aliphatic rings. The molecule has 1 amide bonds. The van der Waals surface area contributed by atoms with E-state index in [9.17, 15) is 9.59 Å². The summed E-state index contributed by atoms with van der Waals surface area (Å²) in [5, 5.41) is 2.48. The van der Waals surface area contributed by atoms with Gasteiger partial charge in [-0.3, -0.25) is 9.59 Å². The molecular weight excluding hydrogens is 166 g/mol. The average Bonchev–Trinajstić information content (AvgIpc) is 2.16. The molecule has 0 atom stereocenters. The zero-order valence-corrected chi connectivity index (χ0v) is 7.63. The number of benzene rings is 1. The van der Waals surface area contributed by atoms with E-state index in [1.807, 2.05) is 6.92 Å². The third-order valence-electron chi connectivity index (χ3n) is 1.81. The molecule has 0 spiro atoms. The maximum Gasteiger partial charge on any atom is 0.251 e. The summed E-state index contributed by atoms with van der Waals surface area (Å²) in [5.74, 6) is -0.234. The minimum atomic E-state index is -0.234. The van der Waals surface area contributed by atoms with Crippen molar-refractivity contribution < 1.29 is 9.59 Å². The monoisotopic (exact) mass is 177 g/mol. The van der Waals surface area contributed by atoms with E-state index in [2.05, 4.69) is 5.32 Å². The van der Waals surface area contributed by atoms with Crippen LogP contribution in [0.4, 0.5) is 0 Å². The maximum atomic E-state index is 11.2. The highest BCUT2D eigenvalue weighted by molar-refractivity contribution is 6.01. The van der Waals surface area contributed by atoms with Crippen LogP contribution in [0.25, 0.3) is 0 Å². The molecule has 3 nitrogen and oxygen atoms in total. The van der Waals surface area contributed by atoms with E-state index in [-0.39, 0.29) is 5.91 Å². The van der Waals surface area contributed by atoms with Gasteiger partial charge in [-0.1, -0.05) is 11.6 Å². The third-order valence-corrected chi connectivity index (χ3v) is 1.81. The first-order valence-electron chi connectivity index (χ1n) is 3.97. The predicted molar refractivity (Wildman–Crippen MR) is 50.0 cm³/mol. The molecule has 0 aliphatic heterocycles. The zero-order valence-electron chi connectivity index (χ0n) is 7.63. The Morgan fingerprint density at radius 3 is 2.69 bits per heavy atom. The molecular formula is C10H11NO2. The average molecular weight is 177 g/mol. The number of aldehydes is 1. The van der Waals surface area contributed by atoms with Gasteiger partial charge in [-0.25, -0.2) is 0 Å². The lowest BCUT2D eigenvalue weighted by molar-refractivity contribution is 0.0957. The molecule has 68 valence electrons. The molecule has 0 fully saturated rings. The summed E-state index contributed by atoms with van der Waals surface area (Å²) in [7, 11) is 1.54. The van der Waals surface area contributed by atoms with E-state index < -0.39 is 0 Å². The van der Waals surface area contributed by atoms with Gasteiger partial charge in [-0.15, -0.1) is 0 Å². The van der Waals surface area contributed by atoms with Crippen molar-refractivity contribution in [1.29, 1.82) is 0 Å². The van der Waals surface area contributed by atoms with Crippen molar-refractivity contribution in [2.75, 3.05) is 7.05 Å². The molecule has 1 rings (SSSR count). The van der Waals surface area contributed by atoms with Crippen LogP contribution in [-0.4, -0.2) is 19.2 Å². The smallest absolute Gasteiger partial charge is 0.251 e. The molecule has 0 radical (unpaired) electrons. The van der Waals surface area contributed by atoms with Crippen molar-refractivity contribution >= 4 is 12.2 Å². The van der Waals surface area contributed by atoms with Crippen molar-refractivity contribution in [2.24, 2.45) is 0 Å². The summed E-state index contributed by atoms with van der Waals surface area (Å²) in [4.78, 5) is 21.9. The highest BCUT2D eigenvalue weighted by atomic mass is 16.1. The minimum absolute atomic E-state index is 0.234. The SMILES string of the molecule is CNC(=O)c1ccc(C)cc1C=O. The maximum absolute atomic E-state index is 11.2. The van der Waals surface area contributed by atoms with Crippen LogP contribution in [0, 0.1) is 6.92 Å². The summed E-state index contributed by atoms with van der Waals surface area (Å²) < 4.78 is 0. The second-order valence-electron chi connectivity index (χ2n) is 2.79. The van der Waals surface area contributed by atoms with Crippen LogP contribution in [0.3, 0.4) is 0 Å². The van der Waals surface area contributed by atoms with Gasteiger partial charge in [0.2, 0.25) is 0 Å². The fraction of sp³-hybridized carbons (Fsp3) is 0.200. The van der Waals surface area contributed by atoms with Crippen LogP contribution in [-0.2, 0) is 0 Å². The number of hydrogen-bond donors (Lipinski definition) is 1. The quantitative estimate of drug-likeness (QED) is 0.689. The number of amides is 1. The summed E-state index contributed by atoms with van der Waals surface area (Å²) in [6, 6.07) is 5.15. The number of nitrogens with one attached hydrogen (secondary N) is 1. The van der Waals surface area contributed by atoms with Gasteiger partial charge in [0.05, 0.1) is 0 Å². The van der Waals surface area contributed by atoms with Crippen molar-refractivity contribution in [1.82, 2.24) is 5.32 Å². The van der Waals surface area contributed by atoms with Gasteiger partial charge in [0.1, 0.15) is 0 Å². The minimum Gasteiger partial charge on any atom is -0.355 e. The van der Waals surface area contributed by atoms with Gasteiger partial charge in [0.25, 0.3) is 5.91 Å². The lowest BCUT2D eigenvalue weighted by Gasteiger charge is -2.03. The first kappa shape index (κ1) is 9.45. The number of aryl methyl sites for hydroxylation is 1. The van der Waals surface area contributed by atoms with E-state index in [1.54, 1.807) is 18.2 Å². The van der Waals surface area contributed by atoms with E-state index >= 15 is 0 Å². The molecule has 3 heteroatoms. The van der Waals surface area contributed by atoms with E-state index in [4.69, 9.17) is 0 Å². The molecule has 13 heavy (non-hydrogen) atoms. The van der Waals surface area contributed by atoms with Gasteiger partial charge in [0.15, 0.2) is 6.29 Å². The molecule has 0 unspecified atom stereocenters. The topological polar surface area (TPSA) is 46.2 Å². The molecule has 0 saturated heterocycles. The fourth-order valence-electron chi connectivity index (χ4n) is 1.12. The molecule has 1 aromatic carbocycles. The highest BCUT2D eigenvalue weighted by Crippen LogP contribution is 2.09. The van der Waals surface area contributed by atoms with Crippen LogP contribution >= 0.6 is 0 Å². The summed E-state index contributed by atoms with van der Waals surface area (Å²) >= 11 is 0.